The standard InChI is InChI=1S/C11H14N2O2S3/c1-9-3-4-11(17-9)18(14,15)13(2)7-5-10-12-6-8-16-10/h3-4,6,8H,5,7H2,1-2H3. The number of thiophene rings is 1. The van der Waals surface area contributed by atoms with Gasteiger partial charge in [-0.3, -0.25) is 0 Å². The lowest BCUT2D eigenvalue weighted by Crippen LogP contribution is -2.28. The van der Waals surface area contributed by atoms with E-state index in [2.05, 4.69) is 4.98 Å². The molecule has 2 aromatic heterocycles. The minimum atomic E-state index is -3.34. The zero-order valence-corrected chi connectivity index (χ0v) is 12.6. The van der Waals surface area contributed by atoms with Crippen LogP contribution in [0.25, 0.3) is 0 Å². The number of sulfonamides is 1. The molecule has 0 saturated heterocycles. The van der Waals surface area contributed by atoms with E-state index in [1.165, 1.54) is 15.6 Å². The quantitative estimate of drug-likeness (QED) is 0.852. The Morgan fingerprint density at radius 2 is 2.17 bits per heavy atom. The van der Waals surface area contributed by atoms with Crippen molar-refractivity contribution < 1.29 is 8.42 Å². The molecule has 0 aliphatic carbocycles. The van der Waals surface area contributed by atoms with Gasteiger partial charge in [-0.2, -0.15) is 4.31 Å². The Morgan fingerprint density at radius 1 is 1.39 bits per heavy atom. The molecule has 0 aromatic carbocycles. The largest absolute Gasteiger partial charge is 0.252 e. The summed E-state index contributed by atoms with van der Waals surface area (Å²) >= 11 is 2.85. The molecule has 98 valence electrons. The number of likely N-dealkylation sites (N-methyl/N-ethyl adjacent to an activating group) is 1. The van der Waals surface area contributed by atoms with Gasteiger partial charge in [-0.05, 0) is 19.1 Å². The van der Waals surface area contributed by atoms with Crippen molar-refractivity contribution in [3.05, 3.63) is 33.6 Å². The second-order valence-electron chi connectivity index (χ2n) is 3.87. The van der Waals surface area contributed by atoms with Crippen LogP contribution >= 0.6 is 22.7 Å². The van der Waals surface area contributed by atoms with Crippen LogP contribution in [0, 0.1) is 6.92 Å². The van der Waals surface area contributed by atoms with E-state index in [0.717, 1.165) is 9.88 Å². The molecule has 0 aliphatic heterocycles. The van der Waals surface area contributed by atoms with Crippen LogP contribution in [-0.4, -0.2) is 31.3 Å². The van der Waals surface area contributed by atoms with Gasteiger partial charge in [0.1, 0.15) is 4.21 Å². The molecule has 0 aliphatic rings. The van der Waals surface area contributed by atoms with Crippen molar-refractivity contribution in [1.29, 1.82) is 0 Å². The van der Waals surface area contributed by atoms with Gasteiger partial charge in [-0.15, -0.1) is 22.7 Å². The average Bonchev–Trinajstić information content (AvgIpc) is 2.96. The molecular weight excluding hydrogens is 288 g/mol. The van der Waals surface area contributed by atoms with E-state index >= 15 is 0 Å². The molecule has 0 radical (unpaired) electrons. The molecule has 2 aromatic rings. The molecule has 0 bridgehead atoms. The van der Waals surface area contributed by atoms with Crippen LogP contribution in [0.4, 0.5) is 0 Å². The lowest BCUT2D eigenvalue weighted by Gasteiger charge is -2.14. The lowest BCUT2D eigenvalue weighted by atomic mass is 10.4. The first-order valence-electron chi connectivity index (χ1n) is 5.41. The third-order valence-electron chi connectivity index (χ3n) is 2.50. The first-order valence-corrected chi connectivity index (χ1v) is 8.55. The molecule has 2 heterocycles. The Kier molecular flexibility index (Phi) is 4.16. The highest BCUT2D eigenvalue weighted by molar-refractivity contribution is 7.91. The number of aromatic nitrogens is 1. The maximum Gasteiger partial charge on any atom is 0.252 e. The molecule has 0 saturated carbocycles. The van der Waals surface area contributed by atoms with Crippen molar-refractivity contribution in [3.8, 4) is 0 Å². The average molecular weight is 302 g/mol. The predicted octanol–water partition coefficient (Wildman–Crippen LogP) is 2.38. The smallest absolute Gasteiger partial charge is 0.250 e. The molecule has 0 unspecified atom stereocenters. The first kappa shape index (κ1) is 13.7. The van der Waals surface area contributed by atoms with E-state index in [9.17, 15) is 8.42 Å². The van der Waals surface area contributed by atoms with Crippen molar-refractivity contribution in [1.82, 2.24) is 9.29 Å². The molecule has 0 amide bonds. The van der Waals surface area contributed by atoms with Crippen molar-refractivity contribution in [2.24, 2.45) is 0 Å². The summed E-state index contributed by atoms with van der Waals surface area (Å²) in [5, 5.41) is 2.85. The van der Waals surface area contributed by atoms with E-state index in [1.54, 1.807) is 30.6 Å². The zero-order valence-electron chi connectivity index (χ0n) is 10.2. The number of hydrogen-bond donors (Lipinski definition) is 0. The molecular formula is C11H14N2O2S3. The summed E-state index contributed by atoms with van der Waals surface area (Å²) in [6, 6.07) is 3.49. The first-order chi connectivity index (χ1) is 8.50. The van der Waals surface area contributed by atoms with Crippen molar-refractivity contribution >= 4 is 32.7 Å². The third kappa shape index (κ3) is 2.97. The lowest BCUT2D eigenvalue weighted by molar-refractivity contribution is 0.474. The summed E-state index contributed by atoms with van der Waals surface area (Å²) < 4.78 is 26.2. The van der Waals surface area contributed by atoms with Gasteiger partial charge in [-0.25, -0.2) is 13.4 Å². The molecule has 2 rings (SSSR count). The maximum atomic E-state index is 12.2. The zero-order chi connectivity index (χ0) is 13.2. The van der Waals surface area contributed by atoms with Gasteiger partial charge in [0.2, 0.25) is 0 Å². The fourth-order valence-corrected chi connectivity index (χ4v) is 4.73. The van der Waals surface area contributed by atoms with Crippen LogP contribution in [0.1, 0.15) is 9.88 Å². The number of nitrogens with zero attached hydrogens (tertiary/aromatic N) is 2. The summed E-state index contributed by atoms with van der Waals surface area (Å²) in [4.78, 5) is 5.15. The Labute approximate surface area is 115 Å². The molecule has 0 atom stereocenters. The van der Waals surface area contributed by atoms with Crippen LogP contribution in [0.3, 0.4) is 0 Å². The van der Waals surface area contributed by atoms with Gasteiger partial charge in [0, 0.05) is 36.5 Å². The number of thiazole rings is 1. The van der Waals surface area contributed by atoms with Crippen LogP contribution in [0.15, 0.2) is 27.9 Å². The van der Waals surface area contributed by atoms with E-state index in [0.29, 0.717) is 17.2 Å². The minimum Gasteiger partial charge on any atom is -0.250 e. The van der Waals surface area contributed by atoms with Gasteiger partial charge in [-0.1, -0.05) is 0 Å². The van der Waals surface area contributed by atoms with Crippen LogP contribution < -0.4 is 0 Å². The molecule has 0 spiro atoms. The topological polar surface area (TPSA) is 50.3 Å². The summed E-state index contributed by atoms with van der Waals surface area (Å²) in [7, 11) is -1.73. The Bertz CT molecular complexity index is 602. The number of hydrogen-bond acceptors (Lipinski definition) is 5. The second kappa shape index (κ2) is 5.48. The van der Waals surface area contributed by atoms with E-state index in [1.807, 2.05) is 18.4 Å². The monoisotopic (exact) mass is 302 g/mol. The third-order valence-corrected chi connectivity index (χ3v) is 6.67. The van der Waals surface area contributed by atoms with Gasteiger partial charge in [0.25, 0.3) is 10.0 Å². The van der Waals surface area contributed by atoms with Gasteiger partial charge >= 0.3 is 0 Å². The highest BCUT2D eigenvalue weighted by Crippen LogP contribution is 2.23. The molecule has 0 N–H and O–H groups in total. The fourth-order valence-electron chi connectivity index (χ4n) is 1.45. The van der Waals surface area contributed by atoms with Crippen LogP contribution in [0.5, 0.6) is 0 Å². The molecule has 4 nitrogen and oxygen atoms in total. The van der Waals surface area contributed by atoms with Crippen molar-refractivity contribution in [2.45, 2.75) is 17.6 Å². The van der Waals surface area contributed by atoms with Gasteiger partial charge < -0.3 is 0 Å². The van der Waals surface area contributed by atoms with Gasteiger partial charge in [0.05, 0.1) is 5.01 Å². The van der Waals surface area contributed by atoms with E-state index in [4.69, 9.17) is 0 Å². The van der Waals surface area contributed by atoms with Crippen LogP contribution in [-0.2, 0) is 16.4 Å². The Balaban J connectivity index is 2.06. The Morgan fingerprint density at radius 3 is 2.72 bits per heavy atom. The number of rotatable bonds is 5. The SMILES string of the molecule is Cc1ccc(S(=O)(=O)N(C)CCc2nccs2)s1. The van der Waals surface area contributed by atoms with Crippen molar-refractivity contribution in [2.75, 3.05) is 13.6 Å². The van der Waals surface area contributed by atoms with E-state index < -0.39 is 10.0 Å². The van der Waals surface area contributed by atoms with Crippen LogP contribution in [0.2, 0.25) is 0 Å². The van der Waals surface area contributed by atoms with E-state index in [-0.39, 0.29) is 0 Å². The van der Waals surface area contributed by atoms with Crippen molar-refractivity contribution in [3.63, 3.8) is 0 Å². The minimum absolute atomic E-state index is 0.404. The maximum absolute atomic E-state index is 12.2. The molecule has 7 heteroatoms. The Hall–Kier alpha value is -0.760. The normalized spacial score (nSPS) is 12.2. The molecule has 0 fully saturated rings. The van der Waals surface area contributed by atoms with Gasteiger partial charge in [0.15, 0.2) is 0 Å². The summed E-state index contributed by atoms with van der Waals surface area (Å²) in [6.45, 7) is 2.35. The highest BCUT2D eigenvalue weighted by Gasteiger charge is 2.22. The molecule has 18 heavy (non-hydrogen) atoms. The number of aryl methyl sites for hydroxylation is 1. The summed E-state index contributed by atoms with van der Waals surface area (Å²) in [5.41, 5.74) is 0. The fraction of sp³-hybridized carbons (Fsp3) is 0.364. The highest BCUT2D eigenvalue weighted by atomic mass is 32.2. The predicted molar refractivity (Wildman–Crippen MR) is 74.7 cm³/mol. The summed E-state index contributed by atoms with van der Waals surface area (Å²) in [5.74, 6) is 0. The summed E-state index contributed by atoms with van der Waals surface area (Å²) in [6.07, 6.45) is 2.38. The second-order valence-corrected chi connectivity index (χ2v) is 8.41.